The number of benzene rings is 2. The van der Waals surface area contributed by atoms with Gasteiger partial charge in [-0.3, -0.25) is 0 Å². The predicted octanol–water partition coefficient (Wildman–Crippen LogP) is 5.85. The lowest BCUT2D eigenvalue weighted by atomic mass is 10.1. The number of aryl methyl sites for hydroxylation is 1. The van der Waals surface area contributed by atoms with Crippen LogP contribution in [0.3, 0.4) is 0 Å². The van der Waals surface area contributed by atoms with Crippen molar-refractivity contribution >= 4 is 28.4 Å². The molecule has 0 bridgehead atoms. The highest BCUT2D eigenvalue weighted by Gasteiger charge is 2.26. The molecule has 0 saturated heterocycles. The maximum absolute atomic E-state index is 13.5. The van der Waals surface area contributed by atoms with Crippen molar-refractivity contribution in [2.24, 2.45) is 0 Å². The van der Waals surface area contributed by atoms with E-state index >= 15 is 0 Å². The number of rotatable bonds is 6. The van der Waals surface area contributed by atoms with E-state index < -0.39 is 5.97 Å². The fourth-order valence-corrected chi connectivity index (χ4v) is 4.13. The Morgan fingerprint density at radius 3 is 2.81 bits per heavy atom. The normalized spacial score (nSPS) is 13.5. The van der Waals surface area contributed by atoms with E-state index in [4.69, 9.17) is 0 Å². The van der Waals surface area contributed by atoms with E-state index in [-0.39, 0.29) is 11.4 Å². The molecule has 6 heteroatoms. The lowest BCUT2D eigenvalue weighted by Gasteiger charge is -2.13. The highest BCUT2D eigenvalue weighted by Crippen LogP contribution is 2.40. The summed E-state index contributed by atoms with van der Waals surface area (Å²) in [5.41, 5.74) is 4.95. The van der Waals surface area contributed by atoms with Gasteiger partial charge in [0.2, 0.25) is 0 Å². The molecule has 2 aromatic carbocycles. The summed E-state index contributed by atoms with van der Waals surface area (Å²) < 4.78 is 15.6. The van der Waals surface area contributed by atoms with Crippen LogP contribution in [0.2, 0.25) is 0 Å². The first-order chi connectivity index (χ1) is 15.0. The Morgan fingerprint density at radius 2 is 2.06 bits per heavy atom. The van der Waals surface area contributed by atoms with Crippen LogP contribution >= 0.6 is 0 Å². The van der Waals surface area contributed by atoms with Gasteiger partial charge in [-0.1, -0.05) is 12.1 Å². The van der Waals surface area contributed by atoms with Gasteiger partial charge in [-0.25, -0.2) is 14.2 Å². The smallest absolute Gasteiger partial charge is 0.339 e. The zero-order chi connectivity index (χ0) is 21.5. The molecule has 2 N–H and O–H groups in total. The van der Waals surface area contributed by atoms with E-state index in [0.717, 1.165) is 46.1 Å². The summed E-state index contributed by atoms with van der Waals surface area (Å²) in [6.45, 7) is 2.58. The van der Waals surface area contributed by atoms with Crippen LogP contribution in [-0.4, -0.2) is 20.6 Å². The monoisotopic (exact) mass is 415 g/mol. The summed E-state index contributed by atoms with van der Waals surface area (Å²) in [4.78, 5) is 16.2. The minimum atomic E-state index is -0.989. The van der Waals surface area contributed by atoms with Gasteiger partial charge in [0.15, 0.2) is 0 Å². The summed E-state index contributed by atoms with van der Waals surface area (Å²) in [5, 5.41) is 13.9. The number of nitrogens with zero attached hydrogens (tertiary/aromatic N) is 2. The van der Waals surface area contributed by atoms with Crippen LogP contribution < -0.4 is 5.32 Å². The molecule has 1 aliphatic rings. The van der Waals surface area contributed by atoms with Crippen molar-refractivity contribution < 1.29 is 14.3 Å². The molecule has 0 aliphatic heterocycles. The minimum absolute atomic E-state index is 0.186. The molecule has 4 aromatic rings. The highest BCUT2D eigenvalue weighted by molar-refractivity contribution is 5.95. The Kier molecular flexibility index (Phi) is 4.70. The molecule has 5 rings (SSSR count). The number of nitrogens with one attached hydrogen (secondary N) is 1. The zero-order valence-electron chi connectivity index (χ0n) is 17.1. The second kappa shape index (κ2) is 7.54. The first-order valence-corrected chi connectivity index (χ1v) is 10.3. The second-order valence-electron chi connectivity index (χ2n) is 8.17. The van der Waals surface area contributed by atoms with Crippen LogP contribution in [-0.2, 0) is 6.54 Å². The lowest BCUT2D eigenvalue weighted by Crippen LogP contribution is -2.06. The number of pyridine rings is 1. The number of carboxylic acid groups (broad SMARTS) is 1. The van der Waals surface area contributed by atoms with Gasteiger partial charge in [-0.2, -0.15) is 0 Å². The van der Waals surface area contributed by atoms with Gasteiger partial charge >= 0.3 is 5.97 Å². The Labute approximate surface area is 179 Å². The number of hydrogen-bond acceptors (Lipinski definition) is 3. The fraction of sp³-hybridized carbons (Fsp3) is 0.200. The molecule has 1 fully saturated rings. The summed E-state index contributed by atoms with van der Waals surface area (Å²) >= 11 is 0. The number of carboxylic acids is 1. The number of hydrogen-bond donors (Lipinski definition) is 2. The van der Waals surface area contributed by atoms with E-state index in [1.807, 2.05) is 37.4 Å². The molecule has 1 saturated carbocycles. The zero-order valence-corrected chi connectivity index (χ0v) is 17.1. The molecular formula is C25H22FN3O2. The van der Waals surface area contributed by atoms with Crippen molar-refractivity contribution in [3.05, 3.63) is 89.0 Å². The summed E-state index contributed by atoms with van der Waals surface area (Å²) in [6.07, 6.45) is 5.94. The number of carbonyl (C=O) groups is 1. The summed E-state index contributed by atoms with van der Waals surface area (Å²) in [6, 6.07) is 14.3. The summed E-state index contributed by atoms with van der Waals surface area (Å²) in [5.74, 6) is -0.450. The molecule has 2 aromatic heterocycles. The third kappa shape index (κ3) is 3.89. The van der Waals surface area contributed by atoms with Crippen LogP contribution in [0.25, 0.3) is 10.9 Å². The quantitative estimate of drug-likeness (QED) is 0.414. The maximum Gasteiger partial charge on any atom is 0.339 e. The molecule has 2 heterocycles. The van der Waals surface area contributed by atoms with Gasteiger partial charge in [0, 0.05) is 30.0 Å². The standard InChI is InChI=1S/C25H22FN3O2/c1-15-9-21(28-24-22(25(30)31)12-19(13-27-24)17-5-6-17)11-18-7-8-29(23(15)18)14-16-3-2-4-20(26)10-16/h2-4,7-13,17H,5-6,14H2,1H3,(H,27,28)(H,30,31). The molecule has 0 radical (unpaired) electrons. The highest BCUT2D eigenvalue weighted by atomic mass is 19.1. The van der Waals surface area contributed by atoms with Crippen LogP contribution in [0, 0.1) is 12.7 Å². The van der Waals surface area contributed by atoms with Crippen molar-refractivity contribution in [1.82, 2.24) is 9.55 Å². The minimum Gasteiger partial charge on any atom is -0.478 e. The third-order valence-electron chi connectivity index (χ3n) is 5.74. The predicted molar refractivity (Wildman–Crippen MR) is 119 cm³/mol. The average molecular weight is 415 g/mol. The van der Waals surface area contributed by atoms with Crippen LogP contribution in [0.15, 0.2) is 60.9 Å². The third-order valence-corrected chi connectivity index (χ3v) is 5.74. The number of anilines is 2. The summed E-state index contributed by atoms with van der Waals surface area (Å²) in [7, 11) is 0. The van der Waals surface area contributed by atoms with Gasteiger partial charge in [-0.05, 0) is 78.8 Å². The number of fused-ring (bicyclic) bond motifs is 1. The molecule has 0 atom stereocenters. The molecule has 0 unspecified atom stereocenters. The van der Waals surface area contributed by atoms with Gasteiger partial charge in [0.1, 0.15) is 17.2 Å². The fourth-order valence-electron chi connectivity index (χ4n) is 4.13. The van der Waals surface area contributed by atoms with Gasteiger partial charge in [0.25, 0.3) is 0 Å². The molecule has 0 amide bonds. The van der Waals surface area contributed by atoms with E-state index in [2.05, 4.69) is 14.9 Å². The van der Waals surface area contributed by atoms with E-state index in [1.165, 1.54) is 6.07 Å². The molecule has 1 aliphatic carbocycles. The molecule has 0 spiro atoms. The van der Waals surface area contributed by atoms with Crippen molar-refractivity contribution in [2.75, 3.05) is 5.32 Å². The number of halogens is 1. The van der Waals surface area contributed by atoms with E-state index in [1.54, 1.807) is 24.4 Å². The second-order valence-corrected chi connectivity index (χ2v) is 8.17. The van der Waals surface area contributed by atoms with Crippen LogP contribution in [0.4, 0.5) is 15.9 Å². The topological polar surface area (TPSA) is 67.2 Å². The van der Waals surface area contributed by atoms with Crippen LogP contribution in [0.5, 0.6) is 0 Å². The van der Waals surface area contributed by atoms with E-state index in [9.17, 15) is 14.3 Å². The Balaban J connectivity index is 1.46. The van der Waals surface area contributed by atoms with Crippen molar-refractivity contribution in [2.45, 2.75) is 32.2 Å². The van der Waals surface area contributed by atoms with Crippen molar-refractivity contribution in [3.8, 4) is 0 Å². The van der Waals surface area contributed by atoms with Crippen molar-refractivity contribution in [1.29, 1.82) is 0 Å². The Bertz CT molecular complexity index is 1310. The van der Waals surface area contributed by atoms with Gasteiger partial charge in [0.05, 0.1) is 5.52 Å². The largest absolute Gasteiger partial charge is 0.478 e. The average Bonchev–Trinajstić information content (AvgIpc) is 3.50. The Hall–Kier alpha value is -3.67. The number of aromatic nitrogens is 2. The lowest BCUT2D eigenvalue weighted by molar-refractivity contribution is 0.0697. The number of aromatic carboxylic acids is 1. The first kappa shape index (κ1) is 19.3. The van der Waals surface area contributed by atoms with Crippen LogP contribution in [0.1, 0.15) is 45.8 Å². The molecule has 156 valence electrons. The maximum atomic E-state index is 13.5. The Morgan fingerprint density at radius 1 is 1.23 bits per heavy atom. The van der Waals surface area contributed by atoms with Crippen molar-refractivity contribution in [3.63, 3.8) is 0 Å². The SMILES string of the molecule is Cc1cc(Nc2ncc(C3CC3)cc2C(=O)O)cc2ccn(Cc3cccc(F)c3)c12. The molecule has 31 heavy (non-hydrogen) atoms. The van der Waals surface area contributed by atoms with E-state index in [0.29, 0.717) is 18.3 Å². The molecular weight excluding hydrogens is 393 g/mol. The van der Waals surface area contributed by atoms with Gasteiger partial charge < -0.3 is 15.0 Å². The van der Waals surface area contributed by atoms with Gasteiger partial charge in [-0.15, -0.1) is 0 Å². The molecule has 5 nitrogen and oxygen atoms in total. The first-order valence-electron chi connectivity index (χ1n) is 10.3.